The summed E-state index contributed by atoms with van der Waals surface area (Å²) >= 11 is 1.77. The minimum Gasteiger partial charge on any atom is -0.310 e. The highest BCUT2D eigenvalue weighted by molar-refractivity contribution is 7.22. The standard InChI is InChI=1S/C51H35N3S/c1-5-17-36(18-6-1)37-19-15-27-42(33-37)54(41-25-11-4-12-26-41)44-31-32-46-48(35-44)45-29-13-14-30-47(45)50-49(46)52-51(55-50)38-20-16-28-43(34-38)53(39-21-7-2-8-22-39)40-23-9-3-10-24-40/h1-35H. The predicted octanol–water partition coefficient (Wildman–Crippen LogP) is 14.9. The van der Waals surface area contributed by atoms with E-state index in [2.05, 4.69) is 222 Å². The molecule has 3 nitrogen and oxygen atoms in total. The fourth-order valence-corrected chi connectivity index (χ4v) is 8.80. The quantitative estimate of drug-likeness (QED) is 0.146. The fraction of sp³-hybridized carbons (Fsp3) is 0. The molecule has 0 fully saturated rings. The lowest BCUT2D eigenvalue weighted by Gasteiger charge is -2.26. The third-order valence-electron chi connectivity index (χ3n) is 10.2. The van der Waals surface area contributed by atoms with Crippen molar-refractivity contribution in [3.05, 3.63) is 212 Å². The van der Waals surface area contributed by atoms with Crippen LogP contribution in [0.15, 0.2) is 212 Å². The molecule has 10 rings (SSSR count). The molecule has 0 radical (unpaired) electrons. The van der Waals surface area contributed by atoms with Gasteiger partial charge in [0.2, 0.25) is 0 Å². The maximum Gasteiger partial charge on any atom is 0.124 e. The molecule has 0 saturated carbocycles. The third kappa shape index (κ3) is 6.09. The van der Waals surface area contributed by atoms with E-state index in [4.69, 9.17) is 4.98 Å². The van der Waals surface area contributed by atoms with Gasteiger partial charge in [-0.15, -0.1) is 11.3 Å². The number of fused-ring (bicyclic) bond motifs is 6. The Morgan fingerprint density at radius 1 is 0.309 bits per heavy atom. The van der Waals surface area contributed by atoms with Crippen molar-refractivity contribution in [2.45, 2.75) is 0 Å². The molecule has 0 aliphatic rings. The summed E-state index contributed by atoms with van der Waals surface area (Å²) in [5, 5.41) is 5.78. The SMILES string of the molecule is c1ccc(-c2cccc(N(c3ccccc3)c3ccc4c(c3)c3ccccc3c3sc(-c5cccc(N(c6ccccc6)c6ccccc6)c5)nc43)c2)cc1. The molecule has 0 saturated heterocycles. The van der Waals surface area contributed by atoms with E-state index in [9.17, 15) is 0 Å². The fourth-order valence-electron chi connectivity index (χ4n) is 7.68. The van der Waals surface area contributed by atoms with Crippen molar-refractivity contribution in [1.29, 1.82) is 0 Å². The lowest BCUT2D eigenvalue weighted by atomic mass is 9.99. The average molecular weight is 722 g/mol. The monoisotopic (exact) mass is 721 g/mol. The van der Waals surface area contributed by atoms with Crippen LogP contribution in [0.4, 0.5) is 34.1 Å². The van der Waals surface area contributed by atoms with Crippen molar-refractivity contribution in [3.8, 4) is 21.7 Å². The molecule has 1 heterocycles. The molecule has 0 aliphatic carbocycles. The second-order valence-corrected chi connectivity index (χ2v) is 14.6. The number of benzene rings is 9. The minimum atomic E-state index is 1.00. The molecule has 10 aromatic rings. The molecule has 0 atom stereocenters. The Hall–Kier alpha value is -7.01. The predicted molar refractivity (Wildman–Crippen MR) is 235 cm³/mol. The van der Waals surface area contributed by atoms with Crippen LogP contribution in [0.3, 0.4) is 0 Å². The van der Waals surface area contributed by atoms with E-state index in [1.165, 1.54) is 32.0 Å². The number of nitrogens with zero attached hydrogens (tertiary/aromatic N) is 3. The maximum atomic E-state index is 5.43. The van der Waals surface area contributed by atoms with Crippen LogP contribution in [0.2, 0.25) is 0 Å². The summed E-state index contributed by atoms with van der Waals surface area (Å²) in [4.78, 5) is 10.1. The van der Waals surface area contributed by atoms with Gasteiger partial charge in [0.1, 0.15) is 5.01 Å². The smallest absolute Gasteiger partial charge is 0.124 e. The summed E-state index contributed by atoms with van der Waals surface area (Å²) in [5.74, 6) is 0. The first-order chi connectivity index (χ1) is 27.3. The Morgan fingerprint density at radius 3 is 1.38 bits per heavy atom. The zero-order valence-corrected chi connectivity index (χ0v) is 30.8. The van der Waals surface area contributed by atoms with Crippen molar-refractivity contribution < 1.29 is 0 Å². The molecule has 1 aromatic heterocycles. The molecule has 0 bridgehead atoms. The van der Waals surface area contributed by atoms with Gasteiger partial charge in [-0.2, -0.15) is 0 Å². The minimum absolute atomic E-state index is 1.00. The van der Waals surface area contributed by atoms with Gasteiger partial charge in [-0.25, -0.2) is 4.98 Å². The van der Waals surface area contributed by atoms with E-state index in [-0.39, 0.29) is 0 Å². The molecule has 0 aliphatic heterocycles. The first-order valence-electron chi connectivity index (χ1n) is 18.5. The highest BCUT2D eigenvalue weighted by Crippen LogP contribution is 2.45. The first-order valence-corrected chi connectivity index (χ1v) is 19.4. The van der Waals surface area contributed by atoms with Gasteiger partial charge in [0.05, 0.1) is 10.2 Å². The molecule has 4 heteroatoms. The van der Waals surface area contributed by atoms with Crippen LogP contribution in [0.1, 0.15) is 0 Å². The van der Waals surface area contributed by atoms with Crippen molar-refractivity contribution in [2.75, 3.05) is 9.80 Å². The molecular formula is C51H35N3S. The second kappa shape index (κ2) is 14.1. The average Bonchev–Trinajstić information content (AvgIpc) is 3.72. The van der Waals surface area contributed by atoms with E-state index in [0.29, 0.717) is 0 Å². The van der Waals surface area contributed by atoms with Gasteiger partial charge in [0.15, 0.2) is 0 Å². The van der Waals surface area contributed by atoms with E-state index in [0.717, 1.165) is 55.6 Å². The van der Waals surface area contributed by atoms with Crippen LogP contribution in [0.25, 0.3) is 53.5 Å². The van der Waals surface area contributed by atoms with Crippen LogP contribution in [0.5, 0.6) is 0 Å². The Balaban J connectivity index is 1.12. The summed E-state index contributed by atoms with van der Waals surface area (Å²) in [6.07, 6.45) is 0. The van der Waals surface area contributed by atoms with Gasteiger partial charge >= 0.3 is 0 Å². The lowest BCUT2D eigenvalue weighted by Crippen LogP contribution is -2.10. The van der Waals surface area contributed by atoms with Crippen LogP contribution in [-0.4, -0.2) is 4.98 Å². The Kier molecular flexibility index (Phi) is 8.36. The zero-order chi connectivity index (χ0) is 36.6. The van der Waals surface area contributed by atoms with Crippen LogP contribution in [0, 0.1) is 0 Å². The number of hydrogen-bond acceptors (Lipinski definition) is 4. The Labute approximate surface area is 324 Å². The Bertz CT molecular complexity index is 2890. The highest BCUT2D eigenvalue weighted by Gasteiger charge is 2.19. The van der Waals surface area contributed by atoms with Crippen molar-refractivity contribution in [2.24, 2.45) is 0 Å². The summed E-state index contributed by atoms with van der Waals surface area (Å²) in [6, 6.07) is 75.5. The Morgan fingerprint density at radius 2 is 0.764 bits per heavy atom. The number of aromatic nitrogens is 1. The van der Waals surface area contributed by atoms with Gasteiger partial charge in [0, 0.05) is 50.5 Å². The number of anilines is 6. The molecule has 0 unspecified atom stereocenters. The zero-order valence-electron chi connectivity index (χ0n) is 30.0. The number of para-hydroxylation sites is 3. The van der Waals surface area contributed by atoms with Crippen LogP contribution < -0.4 is 9.80 Å². The van der Waals surface area contributed by atoms with Gasteiger partial charge in [-0.05, 0) is 94.7 Å². The number of hydrogen-bond donors (Lipinski definition) is 0. The summed E-state index contributed by atoms with van der Waals surface area (Å²) < 4.78 is 1.20. The highest BCUT2D eigenvalue weighted by atomic mass is 32.1. The van der Waals surface area contributed by atoms with Gasteiger partial charge in [-0.1, -0.05) is 140 Å². The number of thiazole rings is 1. The van der Waals surface area contributed by atoms with Crippen molar-refractivity contribution >= 4 is 77.2 Å². The molecule has 0 spiro atoms. The molecule has 0 N–H and O–H groups in total. The van der Waals surface area contributed by atoms with Gasteiger partial charge in [0.25, 0.3) is 0 Å². The third-order valence-corrected chi connectivity index (χ3v) is 11.3. The molecule has 55 heavy (non-hydrogen) atoms. The largest absolute Gasteiger partial charge is 0.310 e. The molecular weight excluding hydrogens is 687 g/mol. The molecule has 9 aromatic carbocycles. The van der Waals surface area contributed by atoms with E-state index >= 15 is 0 Å². The summed E-state index contributed by atoms with van der Waals surface area (Å²) in [7, 11) is 0. The summed E-state index contributed by atoms with van der Waals surface area (Å²) in [6.45, 7) is 0. The van der Waals surface area contributed by atoms with E-state index in [1.807, 2.05) is 0 Å². The van der Waals surface area contributed by atoms with Crippen LogP contribution >= 0.6 is 11.3 Å². The van der Waals surface area contributed by atoms with Gasteiger partial charge < -0.3 is 9.80 Å². The maximum absolute atomic E-state index is 5.43. The lowest BCUT2D eigenvalue weighted by molar-refractivity contribution is 1.28. The summed E-state index contributed by atoms with van der Waals surface area (Å²) in [5.41, 5.74) is 11.1. The van der Waals surface area contributed by atoms with Crippen molar-refractivity contribution in [3.63, 3.8) is 0 Å². The molecule has 260 valence electrons. The topological polar surface area (TPSA) is 19.4 Å². The van der Waals surface area contributed by atoms with E-state index in [1.54, 1.807) is 11.3 Å². The first kappa shape index (κ1) is 32.6. The van der Waals surface area contributed by atoms with Crippen LogP contribution in [-0.2, 0) is 0 Å². The normalized spacial score (nSPS) is 11.3. The van der Waals surface area contributed by atoms with Gasteiger partial charge in [-0.3, -0.25) is 0 Å². The van der Waals surface area contributed by atoms with Crippen molar-refractivity contribution in [1.82, 2.24) is 4.98 Å². The second-order valence-electron chi connectivity index (χ2n) is 13.6. The van der Waals surface area contributed by atoms with E-state index < -0.39 is 0 Å². The number of rotatable bonds is 8. The molecule has 0 amide bonds.